The van der Waals surface area contributed by atoms with Gasteiger partial charge in [-0.3, -0.25) is 9.48 Å². The van der Waals surface area contributed by atoms with Crippen LogP contribution in [0.25, 0.3) is 0 Å². The minimum atomic E-state index is -0.932. The molecule has 0 aliphatic carbocycles. The van der Waals surface area contributed by atoms with Crippen molar-refractivity contribution in [2.75, 3.05) is 14.2 Å². The van der Waals surface area contributed by atoms with Crippen LogP contribution in [0.5, 0.6) is 5.88 Å². The Bertz CT molecular complexity index is 610. The number of esters is 1. The van der Waals surface area contributed by atoms with Crippen LogP contribution in [0.4, 0.5) is 0 Å². The van der Waals surface area contributed by atoms with Crippen LogP contribution in [0.3, 0.4) is 0 Å². The van der Waals surface area contributed by atoms with Gasteiger partial charge in [-0.2, -0.15) is 5.10 Å². The lowest BCUT2D eigenvalue weighted by Crippen LogP contribution is -2.17. The molecular weight excluding hydrogens is 298 g/mol. The maximum absolute atomic E-state index is 11.5. The van der Waals surface area contributed by atoms with E-state index in [0.717, 1.165) is 7.11 Å². The Morgan fingerprint density at radius 1 is 1.17 bits per heavy atom. The summed E-state index contributed by atoms with van der Waals surface area (Å²) in [6.45, 7) is 5.76. The third-order valence-corrected chi connectivity index (χ3v) is 2.44. The predicted octanol–water partition coefficient (Wildman–Crippen LogP) is 2.20. The van der Waals surface area contributed by atoms with Gasteiger partial charge in [0.2, 0.25) is 5.88 Å². The number of aryl methyl sites for hydroxylation is 2. The van der Waals surface area contributed by atoms with Crippen LogP contribution >= 0.6 is 0 Å². The number of carbonyl (C=O) groups is 2. The zero-order valence-corrected chi connectivity index (χ0v) is 14.4. The van der Waals surface area contributed by atoms with Crippen molar-refractivity contribution in [3.05, 3.63) is 41.9 Å². The maximum atomic E-state index is 11.5. The van der Waals surface area contributed by atoms with Gasteiger partial charge in [0.05, 0.1) is 19.8 Å². The molecular formula is C16H23N3O4. The number of carbonyl (C=O) groups excluding carboxylic acids is 2. The minimum Gasteiger partial charge on any atom is -0.480 e. The van der Waals surface area contributed by atoms with E-state index in [9.17, 15) is 9.59 Å². The van der Waals surface area contributed by atoms with E-state index in [-0.39, 0.29) is 11.4 Å². The van der Waals surface area contributed by atoms with E-state index in [2.05, 4.69) is 14.8 Å². The average Bonchev–Trinajstić information content (AvgIpc) is 3.06. The summed E-state index contributed by atoms with van der Waals surface area (Å²) in [5.74, 6) is -1.56. The second-order valence-corrected chi connectivity index (χ2v) is 4.01. The van der Waals surface area contributed by atoms with Gasteiger partial charge < -0.3 is 9.47 Å². The Kier molecular flexibility index (Phi) is 9.66. The highest BCUT2D eigenvalue weighted by Crippen LogP contribution is 2.16. The van der Waals surface area contributed by atoms with Gasteiger partial charge in [-0.1, -0.05) is 13.8 Å². The van der Waals surface area contributed by atoms with E-state index in [4.69, 9.17) is 4.74 Å². The molecule has 2 aromatic rings. The van der Waals surface area contributed by atoms with Gasteiger partial charge in [0.1, 0.15) is 0 Å². The van der Waals surface area contributed by atoms with E-state index in [1.165, 1.54) is 13.2 Å². The van der Waals surface area contributed by atoms with Crippen molar-refractivity contribution in [1.82, 2.24) is 14.8 Å². The van der Waals surface area contributed by atoms with Crippen LogP contribution in [0.2, 0.25) is 0 Å². The van der Waals surface area contributed by atoms with Gasteiger partial charge in [-0.25, -0.2) is 9.78 Å². The summed E-state index contributed by atoms with van der Waals surface area (Å²) in [6, 6.07) is 5.00. The second kappa shape index (κ2) is 10.9. The molecule has 2 rings (SSSR count). The van der Waals surface area contributed by atoms with Crippen molar-refractivity contribution in [1.29, 1.82) is 0 Å². The van der Waals surface area contributed by atoms with Crippen molar-refractivity contribution in [2.45, 2.75) is 20.8 Å². The van der Waals surface area contributed by atoms with Gasteiger partial charge >= 0.3 is 5.97 Å². The number of hydrogen-bond acceptors (Lipinski definition) is 6. The third kappa shape index (κ3) is 6.73. The van der Waals surface area contributed by atoms with E-state index in [1.54, 1.807) is 23.9 Å². The van der Waals surface area contributed by atoms with E-state index in [0.29, 0.717) is 5.69 Å². The van der Waals surface area contributed by atoms with Crippen molar-refractivity contribution < 1.29 is 19.1 Å². The fourth-order valence-electron chi connectivity index (χ4n) is 1.41. The lowest BCUT2D eigenvalue weighted by atomic mass is 10.1. The molecule has 0 saturated carbocycles. The van der Waals surface area contributed by atoms with Crippen LogP contribution in [0.1, 0.15) is 29.9 Å². The van der Waals surface area contributed by atoms with Crippen molar-refractivity contribution >= 4 is 11.8 Å². The molecule has 0 aromatic carbocycles. The lowest BCUT2D eigenvalue weighted by molar-refractivity contribution is -0.135. The molecule has 0 N–H and O–H groups in total. The number of hydrogen-bond donors (Lipinski definition) is 0. The van der Waals surface area contributed by atoms with Gasteiger partial charge in [-0.15, -0.1) is 0 Å². The van der Waals surface area contributed by atoms with E-state index < -0.39 is 11.8 Å². The number of rotatable bonds is 3. The highest BCUT2D eigenvalue weighted by molar-refractivity contribution is 6.41. The quantitative estimate of drug-likeness (QED) is 0.489. The first-order valence-corrected chi connectivity index (χ1v) is 7.07. The molecule has 23 heavy (non-hydrogen) atoms. The molecule has 0 bridgehead atoms. The van der Waals surface area contributed by atoms with Gasteiger partial charge in [0.15, 0.2) is 0 Å². The summed E-state index contributed by atoms with van der Waals surface area (Å²) in [7, 11) is 4.42. The number of ketones is 1. The Hall–Kier alpha value is -2.70. The van der Waals surface area contributed by atoms with Gasteiger partial charge in [-0.05, 0) is 25.1 Å². The molecule has 0 fully saturated rings. The van der Waals surface area contributed by atoms with E-state index >= 15 is 0 Å². The van der Waals surface area contributed by atoms with Gasteiger partial charge in [0, 0.05) is 25.1 Å². The first-order valence-electron chi connectivity index (χ1n) is 7.07. The van der Waals surface area contributed by atoms with Gasteiger partial charge in [0.25, 0.3) is 5.78 Å². The molecule has 2 aromatic heterocycles. The first-order chi connectivity index (χ1) is 11.0. The Balaban J connectivity index is 0.000000501. The average molecular weight is 321 g/mol. The summed E-state index contributed by atoms with van der Waals surface area (Å²) in [5, 5.41) is 3.83. The standard InChI is InChI=1S/C10H11NO4.C4H6N2.C2H6/c1-6-4-5-7(9(11-6)14-2)8(12)10(13)15-3;1-6-4-2-3-5-6;1-2/h4-5H,1-3H3;2-4H,1H3;1-2H3. The van der Waals surface area contributed by atoms with Crippen molar-refractivity contribution in [3.8, 4) is 5.88 Å². The molecule has 0 spiro atoms. The SMILES string of the molecule is CC.COC(=O)C(=O)c1ccc(C)nc1OC.Cn1cccn1. The number of pyridine rings is 1. The Labute approximate surface area is 136 Å². The Morgan fingerprint density at radius 2 is 1.83 bits per heavy atom. The molecule has 2 heterocycles. The normalized spacial score (nSPS) is 8.78. The fraction of sp³-hybridized carbons (Fsp3) is 0.375. The molecule has 0 aliphatic heterocycles. The highest BCUT2D eigenvalue weighted by Gasteiger charge is 2.21. The zero-order chi connectivity index (χ0) is 17.8. The smallest absolute Gasteiger partial charge is 0.379 e. The van der Waals surface area contributed by atoms with Crippen LogP contribution in [0.15, 0.2) is 30.6 Å². The summed E-state index contributed by atoms with van der Waals surface area (Å²) >= 11 is 0. The molecule has 0 saturated heterocycles. The maximum Gasteiger partial charge on any atom is 0.379 e. The zero-order valence-electron chi connectivity index (χ0n) is 14.4. The highest BCUT2D eigenvalue weighted by atomic mass is 16.5. The van der Waals surface area contributed by atoms with E-state index in [1.807, 2.05) is 33.2 Å². The first kappa shape index (κ1) is 20.3. The molecule has 7 nitrogen and oxygen atoms in total. The summed E-state index contributed by atoms with van der Waals surface area (Å²) in [6.07, 6.45) is 3.64. The Morgan fingerprint density at radius 3 is 2.22 bits per heavy atom. The van der Waals surface area contributed by atoms with Crippen LogP contribution in [-0.4, -0.2) is 40.7 Å². The topological polar surface area (TPSA) is 83.3 Å². The number of ether oxygens (including phenoxy) is 2. The minimum absolute atomic E-state index is 0.106. The molecule has 0 atom stereocenters. The summed E-state index contributed by atoms with van der Waals surface area (Å²) in [4.78, 5) is 26.5. The molecule has 7 heteroatoms. The number of Topliss-reactive ketones (excluding diaryl/α,β-unsaturated/α-hetero) is 1. The molecule has 0 amide bonds. The second-order valence-electron chi connectivity index (χ2n) is 4.01. The van der Waals surface area contributed by atoms with Crippen LogP contribution in [0, 0.1) is 6.92 Å². The molecule has 0 radical (unpaired) electrons. The summed E-state index contributed by atoms with van der Waals surface area (Å²) in [5.41, 5.74) is 0.809. The molecule has 0 unspecified atom stereocenters. The lowest BCUT2D eigenvalue weighted by Gasteiger charge is -2.05. The largest absolute Gasteiger partial charge is 0.480 e. The fourth-order valence-corrected chi connectivity index (χ4v) is 1.41. The molecule has 0 aliphatic rings. The van der Waals surface area contributed by atoms with Crippen LogP contribution in [-0.2, 0) is 16.6 Å². The third-order valence-electron chi connectivity index (χ3n) is 2.44. The number of methoxy groups -OCH3 is 2. The van der Waals surface area contributed by atoms with Crippen molar-refractivity contribution in [3.63, 3.8) is 0 Å². The number of nitrogens with zero attached hydrogens (tertiary/aromatic N) is 3. The van der Waals surface area contributed by atoms with Crippen molar-refractivity contribution in [2.24, 2.45) is 7.05 Å². The monoisotopic (exact) mass is 321 g/mol. The number of aromatic nitrogens is 3. The molecule has 126 valence electrons. The summed E-state index contributed by atoms with van der Waals surface area (Å²) < 4.78 is 11.0. The predicted molar refractivity (Wildman–Crippen MR) is 86.4 cm³/mol. The van der Waals surface area contributed by atoms with Crippen LogP contribution < -0.4 is 4.74 Å².